The highest BCUT2D eigenvalue weighted by Gasteiger charge is 2.48. The molecule has 0 amide bonds. The normalized spacial score (nSPS) is 39.6. The molecule has 4 aliphatic carbocycles. The number of halogens is 2. The molecule has 0 radical (unpaired) electrons. The summed E-state index contributed by atoms with van der Waals surface area (Å²) >= 11 is 8.69. The van der Waals surface area contributed by atoms with Crippen LogP contribution >= 0.6 is 34.2 Å². The van der Waals surface area contributed by atoms with Gasteiger partial charge in [0, 0.05) is 9.61 Å². The summed E-state index contributed by atoms with van der Waals surface area (Å²) in [6.45, 7) is 0. The molecule has 1 aromatic rings. The Labute approximate surface area is 133 Å². The van der Waals surface area contributed by atoms with E-state index in [0.717, 1.165) is 34.4 Å². The fourth-order valence-corrected chi connectivity index (χ4v) is 5.86. The molecule has 0 spiro atoms. The van der Waals surface area contributed by atoms with Crippen LogP contribution in [0.4, 0.5) is 5.69 Å². The van der Waals surface area contributed by atoms with E-state index < -0.39 is 0 Å². The van der Waals surface area contributed by atoms with Gasteiger partial charge in [-0.25, -0.2) is 0 Å². The molecule has 0 unspecified atom stereocenters. The van der Waals surface area contributed by atoms with Crippen molar-refractivity contribution in [3.63, 3.8) is 0 Å². The molecule has 4 fully saturated rings. The Morgan fingerprint density at radius 3 is 2.21 bits per heavy atom. The SMILES string of the molecule is Clc1cc(I)ccc1NC1C2CC3CC(C2)CC1C3. The molecule has 19 heavy (non-hydrogen) atoms. The van der Waals surface area contributed by atoms with Crippen LogP contribution in [0.25, 0.3) is 0 Å². The number of hydrogen-bond donors (Lipinski definition) is 1. The lowest BCUT2D eigenvalue weighted by Crippen LogP contribution is -2.51. The summed E-state index contributed by atoms with van der Waals surface area (Å²) in [6, 6.07) is 7.02. The smallest absolute Gasteiger partial charge is 0.0648 e. The van der Waals surface area contributed by atoms with E-state index in [1.54, 1.807) is 0 Å². The first-order chi connectivity index (χ1) is 9.19. The molecule has 4 bridgehead atoms. The van der Waals surface area contributed by atoms with Gasteiger partial charge in [-0.2, -0.15) is 0 Å². The first-order valence-corrected chi connectivity index (χ1v) is 8.86. The summed E-state index contributed by atoms with van der Waals surface area (Å²) in [7, 11) is 0. The molecule has 0 atom stereocenters. The fraction of sp³-hybridized carbons (Fsp3) is 0.625. The van der Waals surface area contributed by atoms with Gasteiger partial charge in [0.15, 0.2) is 0 Å². The standard InChI is InChI=1S/C16H19ClIN/c17-14-8-13(18)1-2-15(14)19-16-11-4-9-3-10(6-11)7-12(16)5-9/h1-2,8-12,16,19H,3-7H2. The Morgan fingerprint density at radius 1 is 1.00 bits per heavy atom. The third-order valence-corrected chi connectivity index (χ3v) is 6.46. The van der Waals surface area contributed by atoms with Gasteiger partial charge in [0.25, 0.3) is 0 Å². The molecular weight excluding hydrogens is 369 g/mol. The molecular formula is C16H19ClIN. The molecule has 0 aliphatic heterocycles. The van der Waals surface area contributed by atoms with Gasteiger partial charge < -0.3 is 5.32 Å². The van der Waals surface area contributed by atoms with E-state index in [9.17, 15) is 0 Å². The largest absolute Gasteiger partial charge is 0.381 e. The number of anilines is 1. The van der Waals surface area contributed by atoms with E-state index in [2.05, 4.69) is 46.1 Å². The van der Waals surface area contributed by atoms with Crippen molar-refractivity contribution in [3.8, 4) is 0 Å². The van der Waals surface area contributed by atoms with Gasteiger partial charge in [-0.1, -0.05) is 11.6 Å². The lowest BCUT2D eigenvalue weighted by Gasteiger charge is -2.54. The zero-order valence-corrected chi connectivity index (χ0v) is 13.8. The van der Waals surface area contributed by atoms with Crippen molar-refractivity contribution < 1.29 is 0 Å². The second kappa shape index (κ2) is 4.80. The van der Waals surface area contributed by atoms with Crippen molar-refractivity contribution >= 4 is 39.9 Å². The van der Waals surface area contributed by atoms with Crippen LogP contribution in [0, 0.1) is 27.2 Å². The minimum Gasteiger partial charge on any atom is -0.381 e. The van der Waals surface area contributed by atoms with Gasteiger partial charge in [-0.3, -0.25) is 0 Å². The maximum atomic E-state index is 6.38. The third kappa shape index (κ3) is 2.29. The van der Waals surface area contributed by atoms with Crippen molar-refractivity contribution in [1.29, 1.82) is 0 Å². The Hall–Kier alpha value is 0.0400. The molecule has 102 valence electrons. The molecule has 0 heterocycles. The first kappa shape index (κ1) is 12.8. The molecule has 4 aliphatic rings. The van der Waals surface area contributed by atoms with Gasteiger partial charge in [-0.05, 0) is 96.6 Å². The lowest BCUT2D eigenvalue weighted by molar-refractivity contribution is 0.00754. The Balaban J connectivity index is 1.56. The van der Waals surface area contributed by atoms with E-state index >= 15 is 0 Å². The molecule has 4 saturated carbocycles. The molecule has 3 heteroatoms. The van der Waals surface area contributed by atoms with Crippen molar-refractivity contribution in [3.05, 3.63) is 26.8 Å². The summed E-state index contributed by atoms with van der Waals surface area (Å²) in [5, 5.41) is 4.66. The number of hydrogen-bond acceptors (Lipinski definition) is 1. The minimum atomic E-state index is 0.672. The van der Waals surface area contributed by atoms with Gasteiger partial charge in [-0.15, -0.1) is 0 Å². The lowest BCUT2D eigenvalue weighted by atomic mass is 9.54. The molecule has 1 nitrogen and oxygen atoms in total. The summed E-state index contributed by atoms with van der Waals surface area (Å²) in [5.74, 6) is 3.86. The number of rotatable bonds is 2. The fourth-order valence-electron chi connectivity index (χ4n) is 4.95. The van der Waals surface area contributed by atoms with Crippen molar-refractivity contribution in [1.82, 2.24) is 0 Å². The third-order valence-electron chi connectivity index (χ3n) is 5.48. The van der Waals surface area contributed by atoms with Gasteiger partial charge >= 0.3 is 0 Å². The summed E-state index contributed by atoms with van der Waals surface area (Å²) in [6.07, 6.45) is 7.32. The summed E-state index contributed by atoms with van der Waals surface area (Å²) in [4.78, 5) is 0. The topological polar surface area (TPSA) is 12.0 Å². The zero-order valence-electron chi connectivity index (χ0n) is 10.9. The second-order valence-corrected chi connectivity index (χ2v) is 8.38. The van der Waals surface area contributed by atoms with Crippen molar-refractivity contribution in [2.75, 3.05) is 5.32 Å². The van der Waals surface area contributed by atoms with E-state index in [4.69, 9.17) is 11.6 Å². The summed E-state index contributed by atoms with van der Waals surface area (Å²) in [5.41, 5.74) is 1.14. The van der Waals surface area contributed by atoms with Crippen LogP contribution in [-0.2, 0) is 0 Å². The number of nitrogens with one attached hydrogen (secondary N) is 1. The highest BCUT2D eigenvalue weighted by Crippen LogP contribution is 2.54. The maximum Gasteiger partial charge on any atom is 0.0648 e. The van der Waals surface area contributed by atoms with Crippen LogP contribution in [0.2, 0.25) is 5.02 Å². The van der Waals surface area contributed by atoms with Gasteiger partial charge in [0.1, 0.15) is 0 Å². The highest BCUT2D eigenvalue weighted by atomic mass is 127. The maximum absolute atomic E-state index is 6.38. The first-order valence-electron chi connectivity index (χ1n) is 7.40. The average molecular weight is 388 g/mol. The predicted molar refractivity (Wildman–Crippen MR) is 88.6 cm³/mol. The quantitative estimate of drug-likeness (QED) is 0.689. The minimum absolute atomic E-state index is 0.672. The molecule has 0 saturated heterocycles. The van der Waals surface area contributed by atoms with Crippen molar-refractivity contribution in [2.24, 2.45) is 23.7 Å². The second-order valence-electron chi connectivity index (χ2n) is 6.73. The Bertz CT molecular complexity index is 474. The summed E-state index contributed by atoms with van der Waals surface area (Å²) < 4.78 is 1.21. The van der Waals surface area contributed by atoms with E-state index in [-0.39, 0.29) is 0 Å². The van der Waals surface area contributed by atoms with E-state index in [0.29, 0.717) is 6.04 Å². The van der Waals surface area contributed by atoms with E-state index in [1.165, 1.54) is 35.7 Å². The highest BCUT2D eigenvalue weighted by molar-refractivity contribution is 14.1. The van der Waals surface area contributed by atoms with Crippen LogP contribution in [0.5, 0.6) is 0 Å². The Morgan fingerprint density at radius 2 is 1.63 bits per heavy atom. The predicted octanol–water partition coefficient (Wildman–Crippen LogP) is 5.18. The molecule has 1 aromatic carbocycles. The van der Waals surface area contributed by atoms with Gasteiger partial charge in [0.05, 0.1) is 10.7 Å². The Kier molecular flexibility index (Phi) is 3.22. The van der Waals surface area contributed by atoms with E-state index in [1.807, 2.05) is 0 Å². The zero-order chi connectivity index (χ0) is 13.0. The number of benzene rings is 1. The van der Waals surface area contributed by atoms with Crippen LogP contribution < -0.4 is 5.32 Å². The average Bonchev–Trinajstić information content (AvgIpc) is 2.35. The molecule has 5 rings (SSSR count). The monoisotopic (exact) mass is 387 g/mol. The van der Waals surface area contributed by atoms with Crippen LogP contribution in [0.1, 0.15) is 32.1 Å². The molecule has 1 N–H and O–H groups in total. The van der Waals surface area contributed by atoms with Crippen LogP contribution in [-0.4, -0.2) is 6.04 Å². The molecule has 0 aromatic heterocycles. The van der Waals surface area contributed by atoms with Crippen LogP contribution in [0.3, 0.4) is 0 Å². The van der Waals surface area contributed by atoms with Crippen molar-refractivity contribution in [2.45, 2.75) is 38.1 Å². The van der Waals surface area contributed by atoms with Gasteiger partial charge in [0.2, 0.25) is 0 Å². The van der Waals surface area contributed by atoms with Crippen LogP contribution in [0.15, 0.2) is 18.2 Å².